The molecule has 1 saturated heterocycles. The summed E-state index contributed by atoms with van der Waals surface area (Å²) in [7, 11) is 1.55. The number of carbonyl (C=O) groups excluding carboxylic acids is 3. The molecular formula is C20H18N2O4S. The lowest BCUT2D eigenvalue weighted by Gasteiger charge is -2.12. The molecule has 138 valence electrons. The molecular weight excluding hydrogens is 364 g/mol. The maximum absolute atomic E-state index is 12.5. The quantitative estimate of drug-likeness (QED) is 0.799. The Kier molecular flexibility index (Phi) is 5.61. The Morgan fingerprint density at radius 1 is 1.15 bits per heavy atom. The summed E-state index contributed by atoms with van der Waals surface area (Å²) in [6, 6.07) is 14.4. The summed E-state index contributed by atoms with van der Waals surface area (Å²) in [5.74, 6) is -0.238. The number of amides is 3. The summed E-state index contributed by atoms with van der Waals surface area (Å²) in [6.45, 7) is 1.60. The third-order valence-electron chi connectivity index (χ3n) is 4.02. The van der Waals surface area contributed by atoms with Gasteiger partial charge in [0.05, 0.1) is 12.0 Å². The first-order valence-electron chi connectivity index (χ1n) is 8.23. The predicted octanol–water partition coefficient (Wildman–Crippen LogP) is 3.68. The van der Waals surface area contributed by atoms with Gasteiger partial charge in [0.1, 0.15) is 12.3 Å². The van der Waals surface area contributed by atoms with Gasteiger partial charge in [-0.25, -0.2) is 0 Å². The van der Waals surface area contributed by atoms with E-state index in [1.807, 2.05) is 31.2 Å². The van der Waals surface area contributed by atoms with Crippen LogP contribution in [0.25, 0.3) is 6.08 Å². The molecule has 3 amide bonds. The Hall–Kier alpha value is -3.06. The van der Waals surface area contributed by atoms with Crippen molar-refractivity contribution in [3.63, 3.8) is 0 Å². The minimum atomic E-state index is -0.460. The van der Waals surface area contributed by atoms with Crippen molar-refractivity contribution in [2.45, 2.75) is 6.92 Å². The number of ether oxygens (including phenoxy) is 1. The first kappa shape index (κ1) is 18.7. The van der Waals surface area contributed by atoms with Gasteiger partial charge in [-0.3, -0.25) is 19.3 Å². The molecule has 0 saturated carbocycles. The first-order valence-corrected chi connectivity index (χ1v) is 9.04. The number of carbonyl (C=O) groups is 3. The number of nitrogens with zero attached hydrogens (tertiary/aromatic N) is 1. The van der Waals surface area contributed by atoms with Gasteiger partial charge in [-0.15, -0.1) is 0 Å². The molecule has 0 radical (unpaired) electrons. The van der Waals surface area contributed by atoms with E-state index < -0.39 is 17.1 Å². The topological polar surface area (TPSA) is 75.7 Å². The average molecular weight is 382 g/mol. The van der Waals surface area contributed by atoms with Crippen LogP contribution in [0.3, 0.4) is 0 Å². The van der Waals surface area contributed by atoms with E-state index in [0.717, 1.165) is 27.8 Å². The summed E-state index contributed by atoms with van der Waals surface area (Å²) in [4.78, 5) is 38.2. The first-order chi connectivity index (χ1) is 13.0. The van der Waals surface area contributed by atoms with Gasteiger partial charge < -0.3 is 10.1 Å². The molecule has 7 heteroatoms. The molecule has 0 atom stereocenters. The van der Waals surface area contributed by atoms with Crippen LogP contribution >= 0.6 is 11.8 Å². The summed E-state index contributed by atoms with van der Waals surface area (Å²) in [5, 5.41) is 2.21. The van der Waals surface area contributed by atoms with E-state index >= 15 is 0 Å². The van der Waals surface area contributed by atoms with E-state index in [1.54, 1.807) is 37.5 Å². The molecule has 0 aromatic heterocycles. The largest absolute Gasteiger partial charge is 0.497 e. The lowest BCUT2D eigenvalue weighted by molar-refractivity contribution is -0.127. The molecule has 1 aliphatic heterocycles. The summed E-state index contributed by atoms with van der Waals surface area (Å²) in [5.41, 5.74) is 2.43. The fraction of sp³-hybridized carbons (Fsp3) is 0.150. The zero-order valence-electron chi connectivity index (χ0n) is 14.9. The Bertz CT molecular complexity index is 922. The SMILES string of the molecule is COc1ccc(NC(=O)CN2C(=O)S/C(=C/c3ccccc3C)C2=O)cc1. The number of aryl methyl sites for hydroxylation is 1. The van der Waals surface area contributed by atoms with Gasteiger partial charge in [0.25, 0.3) is 11.1 Å². The monoisotopic (exact) mass is 382 g/mol. The van der Waals surface area contributed by atoms with Gasteiger partial charge in [0.15, 0.2) is 0 Å². The van der Waals surface area contributed by atoms with Gasteiger partial charge in [0.2, 0.25) is 5.91 Å². The van der Waals surface area contributed by atoms with Gasteiger partial charge in [-0.2, -0.15) is 0 Å². The van der Waals surface area contributed by atoms with E-state index in [4.69, 9.17) is 4.74 Å². The number of thioether (sulfide) groups is 1. The van der Waals surface area contributed by atoms with Crippen molar-refractivity contribution in [3.8, 4) is 5.75 Å². The van der Waals surface area contributed by atoms with Crippen molar-refractivity contribution in [3.05, 3.63) is 64.6 Å². The van der Waals surface area contributed by atoms with Crippen LogP contribution < -0.4 is 10.1 Å². The summed E-state index contributed by atoms with van der Waals surface area (Å²) >= 11 is 0.841. The van der Waals surface area contributed by atoms with Crippen molar-refractivity contribution in [1.29, 1.82) is 0 Å². The molecule has 3 rings (SSSR count). The smallest absolute Gasteiger partial charge is 0.294 e. The van der Waals surface area contributed by atoms with Crippen LogP contribution in [0.5, 0.6) is 5.75 Å². The van der Waals surface area contributed by atoms with E-state index in [2.05, 4.69) is 5.32 Å². The average Bonchev–Trinajstić information content (AvgIpc) is 2.91. The van der Waals surface area contributed by atoms with Gasteiger partial charge >= 0.3 is 0 Å². The highest BCUT2D eigenvalue weighted by molar-refractivity contribution is 8.18. The normalized spacial score (nSPS) is 15.3. The molecule has 1 heterocycles. The highest BCUT2D eigenvalue weighted by Gasteiger charge is 2.36. The Morgan fingerprint density at radius 3 is 2.52 bits per heavy atom. The molecule has 2 aromatic carbocycles. The molecule has 2 aromatic rings. The number of nitrogens with one attached hydrogen (secondary N) is 1. The van der Waals surface area contributed by atoms with Gasteiger partial charge in [-0.05, 0) is 60.2 Å². The van der Waals surface area contributed by atoms with Crippen molar-refractivity contribution >= 4 is 40.6 Å². The van der Waals surface area contributed by atoms with Crippen LogP contribution in [0.15, 0.2) is 53.4 Å². The zero-order chi connectivity index (χ0) is 19.4. The highest BCUT2D eigenvalue weighted by atomic mass is 32.2. The van der Waals surface area contributed by atoms with Crippen LogP contribution in [-0.2, 0) is 9.59 Å². The Balaban J connectivity index is 1.68. The molecule has 1 fully saturated rings. The van der Waals surface area contributed by atoms with E-state index in [-0.39, 0.29) is 6.54 Å². The second-order valence-corrected chi connectivity index (χ2v) is 6.89. The van der Waals surface area contributed by atoms with Gasteiger partial charge in [-0.1, -0.05) is 24.3 Å². The van der Waals surface area contributed by atoms with Crippen molar-refractivity contribution < 1.29 is 19.1 Å². The number of benzene rings is 2. The van der Waals surface area contributed by atoms with E-state index in [0.29, 0.717) is 16.3 Å². The minimum Gasteiger partial charge on any atom is -0.497 e. The maximum atomic E-state index is 12.5. The number of anilines is 1. The molecule has 0 unspecified atom stereocenters. The molecule has 1 N–H and O–H groups in total. The number of hydrogen-bond donors (Lipinski definition) is 1. The van der Waals surface area contributed by atoms with Crippen LogP contribution in [0.1, 0.15) is 11.1 Å². The fourth-order valence-electron chi connectivity index (χ4n) is 2.54. The molecule has 0 aliphatic carbocycles. The minimum absolute atomic E-state index is 0.312. The standard InChI is InChI=1S/C20H18N2O4S/c1-13-5-3-4-6-14(13)11-17-19(24)22(20(25)27-17)12-18(23)21-15-7-9-16(26-2)10-8-15/h3-11H,12H2,1-2H3,(H,21,23)/b17-11+. The molecule has 0 spiro atoms. The van der Waals surface area contributed by atoms with Crippen LogP contribution in [0, 0.1) is 6.92 Å². The van der Waals surface area contributed by atoms with E-state index in [1.165, 1.54) is 0 Å². The molecule has 1 aliphatic rings. The molecule has 0 bridgehead atoms. The van der Waals surface area contributed by atoms with Crippen molar-refractivity contribution in [1.82, 2.24) is 4.90 Å². The van der Waals surface area contributed by atoms with Crippen LogP contribution in [0.2, 0.25) is 0 Å². The summed E-state index contributed by atoms with van der Waals surface area (Å²) < 4.78 is 5.06. The Morgan fingerprint density at radius 2 is 1.85 bits per heavy atom. The number of hydrogen-bond acceptors (Lipinski definition) is 5. The van der Waals surface area contributed by atoms with E-state index in [9.17, 15) is 14.4 Å². The highest BCUT2D eigenvalue weighted by Crippen LogP contribution is 2.32. The second kappa shape index (κ2) is 8.09. The predicted molar refractivity (Wildman–Crippen MR) is 105 cm³/mol. The second-order valence-electron chi connectivity index (χ2n) is 5.90. The van der Waals surface area contributed by atoms with Crippen LogP contribution in [-0.4, -0.2) is 35.6 Å². The third kappa shape index (κ3) is 4.38. The lowest BCUT2D eigenvalue weighted by atomic mass is 10.1. The van der Waals surface area contributed by atoms with Crippen LogP contribution in [0.4, 0.5) is 10.5 Å². The number of imide groups is 1. The summed E-state index contributed by atoms with van der Waals surface area (Å²) in [6.07, 6.45) is 1.68. The number of rotatable bonds is 5. The zero-order valence-corrected chi connectivity index (χ0v) is 15.7. The Labute approximate surface area is 161 Å². The molecule has 6 nitrogen and oxygen atoms in total. The third-order valence-corrected chi connectivity index (χ3v) is 4.93. The lowest BCUT2D eigenvalue weighted by Crippen LogP contribution is -2.36. The van der Waals surface area contributed by atoms with Gasteiger partial charge in [0, 0.05) is 5.69 Å². The fourth-order valence-corrected chi connectivity index (χ4v) is 3.37. The van der Waals surface area contributed by atoms with Crippen molar-refractivity contribution in [2.75, 3.05) is 19.0 Å². The molecule has 27 heavy (non-hydrogen) atoms. The van der Waals surface area contributed by atoms with Crippen molar-refractivity contribution in [2.24, 2.45) is 0 Å². The number of methoxy groups -OCH3 is 1. The maximum Gasteiger partial charge on any atom is 0.294 e.